The average Bonchev–Trinajstić information content (AvgIpc) is 3.40. The van der Waals surface area contributed by atoms with E-state index in [9.17, 15) is 4.79 Å². The number of piperidine rings is 1. The van der Waals surface area contributed by atoms with Crippen molar-refractivity contribution in [2.24, 2.45) is 0 Å². The molecule has 29 heavy (non-hydrogen) atoms. The Kier molecular flexibility index (Phi) is 4.98. The number of para-hydroxylation sites is 1. The molecule has 0 bridgehead atoms. The van der Waals surface area contributed by atoms with Crippen molar-refractivity contribution >= 4 is 5.91 Å². The minimum Gasteiger partial charge on any atom is -0.445 e. The van der Waals surface area contributed by atoms with Gasteiger partial charge in [0.1, 0.15) is 5.76 Å². The van der Waals surface area contributed by atoms with Gasteiger partial charge in [-0.05, 0) is 31.9 Å². The van der Waals surface area contributed by atoms with Gasteiger partial charge in [-0.1, -0.05) is 32.9 Å². The highest BCUT2D eigenvalue weighted by molar-refractivity contribution is 5.98. The van der Waals surface area contributed by atoms with Crippen molar-refractivity contribution in [3.63, 3.8) is 0 Å². The molecule has 0 spiro atoms. The molecule has 1 saturated heterocycles. The van der Waals surface area contributed by atoms with Gasteiger partial charge in [0.2, 0.25) is 0 Å². The quantitative estimate of drug-likeness (QED) is 0.673. The number of hydrogen-bond acceptors (Lipinski definition) is 5. The van der Waals surface area contributed by atoms with Crippen molar-refractivity contribution in [1.29, 1.82) is 0 Å². The highest BCUT2D eigenvalue weighted by Gasteiger charge is 2.34. The molecule has 0 N–H and O–H groups in total. The summed E-state index contributed by atoms with van der Waals surface area (Å²) in [5.41, 5.74) is 1.19. The van der Waals surface area contributed by atoms with Gasteiger partial charge in [-0.3, -0.25) is 4.79 Å². The Morgan fingerprint density at radius 1 is 1.14 bits per heavy atom. The van der Waals surface area contributed by atoms with Gasteiger partial charge in [0, 0.05) is 18.0 Å². The first kappa shape index (κ1) is 19.4. The molecule has 1 amide bonds. The summed E-state index contributed by atoms with van der Waals surface area (Å²) >= 11 is 0. The number of rotatable bonds is 3. The number of benzene rings is 1. The lowest BCUT2D eigenvalue weighted by atomic mass is 9.92. The second-order valence-corrected chi connectivity index (χ2v) is 8.73. The van der Waals surface area contributed by atoms with Gasteiger partial charge in [-0.25, -0.2) is 4.98 Å². The predicted molar refractivity (Wildman–Crippen MR) is 109 cm³/mol. The Bertz CT molecular complexity index is 987. The van der Waals surface area contributed by atoms with E-state index in [4.69, 9.17) is 4.42 Å². The van der Waals surface area contributed by atoms with Crippen LogP contribution in [0.3, 0.4) is 0 Å². The first-order valence-electron chi connectivity index (χ1n) is 10.1. The van der Waals surface area contributed by atoms with Crippen molar-refractivity contribution in [2.75, 3.05) is 6.54 Å². The first-order valence-corrected chi connectivity index (χ1v) is 10.1. The second kappa shape index (κ2) is 7.46. The Labute approximate surface area is 170 Å². The van der Waals surface area contributed by atoms with Gasteiger partial charge in [0.25, 0.3) is 5.91 Å². The van der Waals surface area contributed by atoms with Crippen LogP contribution >= 0.6 is 0 Å². The third-order valence-electron chi connectivity index (χ3n) is 5.52. The number of nitrogens with zero attached hydrogens (tertiary/aromatic N) is 5. The number of carbonyl (C=O) groups is 1. The van der Waals surface area contributed by atoms with Crippen LogP contribution in [0.15, 0.2) is 47.3 Å². The van der Waals surface area contributed by atoms with Gasteiger partial charge in [0.15, 0.2) is 5.89 Å². The summed E-state index contributed by atoms with van der Waals surface area (Å²) in [5.74, 6) is 1.68. The fourth-order valence-electron chi connectivity index (χ4n) is 3.74. The van der Waals surface area contributed by atoms with E-state index in [1.54, 1.807) is 12.4 Å². The lowest BCUT2D eigenvalue weighted by Gasteiger charge is -2.37. The first-order chi connectivity index (χ1) is 13.8. The predicted octanol–water partition coefficient (Wildman–Crippen LogP) is 3.96. The number of carbonyl (C=O) groups excluding carboxylic acids is 1. The number of oxazole rings is 1. The lowest BCUT2D eigenvalue weighted by Crippen LogP contribution is -2.45. The van der Waals surface area contributed by atoms with E-state index in [2.05, 4.69) is 42.9 Å². The summed E-state index contributed by atoms with van der Waals surface area (Å²) in [6.07, 6.45) is 6.90. The summed E-state index contributed by atoms with van der Waals surface area (Å²) in [7, 11) is 0. The third kappa shape index (κ3) is 3.81. The van der Waals surface area contributed by atoms with Gasteiger partial charge >= 0.3 is 0 Å². The Hall–Kier alpha value is -2.96. The molecule has 0 saturated carbocycles. The zero-order valence-electron chi connectivity index (χ0n) is 17.4. The number of likely N-dealkylation sites (tertiary alicyclic amines) is 1. The van der Waals surface area contributed by atoms with Gasteiger partial charge < -0.3 is 9.32 Å². The molecule has 3 aromatic rings. The van der Waals surface area contributed by atoms with Crippen LogP contribution in [0.5, 0.6) is 0 Å². The average molecular weight is 393 g/mol. The molecule has 3 heterocycles. The SMILES string of the molecule is C[C@@H]1CC[C@@H](c2ncc(C(C)(C)C)o2)CN1C(=O)c1ccccc1-n1nccn1. The summed E-state index contributed by atoms with van der Waals surface area (Å²) in [4.78, 5) is 21.4. The van der Waals surface area contributed by atoms with Crippen LogP contribution in [0.25, 0.3) is 5.69 Å². The third-order valence-corrected chi connectivity index (χ3v) is 5.52. The monoisotopic (exact) mass is 393 g/mol. The van der Waals surface area contributed by atoms with Gasteiger partial charge in [-0.2, -0.15) is 15.0 Å². The molecule has 4 rings (SSSR count). The van der Waals surface area contributed by atoms with Crippen LogP contribution in [0.4, 0.5) is 0 Å². The fourth-order valence-corrected chi connectivity index (χ4v) is 3.74. The highest BCUT2D eigenvalue weighted by atomic mass is 16.4. The molecule has 7 nitrogen and oxygen atoms in total. The molecular weight excluding hydrogens is 366 g/mol. The van der Waals surface area contributed by atoms with Crippen LogP contribution in [0.2, 0.25) is 0 Å². The van der Waals surface area contributed by atoms with Crippen LogP contribution in [0.1, 0.15) is 68.5 Å². The zero-order chi connectivity index (χ0) is 20.6. The topological polar surface area (TPSA) is 77.0 Å². The van der Waals surface area contributed by atoms with E-state index in [1.165, 1.54) is 4.80 Å². The smallest absolute Gasteiger partial charge is 0.256 e. The van der Waals surface area contributed by atoms with Gasteiger partial charge in [-0.15, -0.1) is 0 Å². The normalized spacial score (nSPS) is 20.1. The molecule has 2 atom stereocenters. The molecule has 0 radical (unpaired) electrons. The summed E-state index contributed by atoms with van der Waals surface area (Å²) in [5, 5.41) is 8.38. The Morgan fingerprint density at radius 2 is 1.86 bits per heavy atom. The Morgan fingerprint density at radius 3 is 2.55 bits per heavy atom. The molecule has 0 aliphatic carbocycles. The van der Waals surface area contributed by atoms with E-state index >= 15 is 0 Å². The molecule has 2 aromatic heterocycles. The van der Waals surface area contributed by atoms with Crippen LogP contribution in [-0.2, 0) is 5.41 Å². The molecular formula is C22H27N5O2. The molecule has 0 unspecified atom stereocenters. The van der Waals surface area contributed by atoms with Crippen LogP contribution in [-0.4, -0.2) is 43.4 Å². The van der Waals surface area contributed by atoms with Crippen molar-refractivity contribution in [1.82, 2.24) is 24.9 Å². The summed E-state index contributed by atoms with van der Waals surface area (Å²) < 4.78 is 6.07. The zero-order valence-corrected chi connectivity index (χ0v) is 17.4. The fraction of sp³-hybridized carbons (Fsp3) is 0.455. The van der Waals surface area contributed by atoms with Crippen LogP contribution < -0.4 is 0 Å². The molecule has 1 aliphatic rings. The maximum atomic E-state index is 13.5. The number of amides is 1. The molecule has 1 aromatic carbocycles. The van der Waals surface area contributed by atoms with Crippen molar-refractivity contribution in [3.8, 4) is 5.69 Å². The maximum absolute atomic E-state index is 13.5. The minimum absolute atomic E-state index is 0.0160. The van der Waals surface area contributed by atoms with E-state index in [0.29, 0.717) is 17.8 Å². The summed E-state index contributed by atoms with van der Waals surface area (Å²) in [6.45, 7) is 9.01. The highest BCUT2D eigenvalue weighted by Crippen LogP contribution is 2.33. The van der Waals surface area contributed by atoms with E-state index < -0.39 is 0 Å². The van der Waals surface area contributed by atoms with Crippen molar-refractivity contribution < 1.29 is 9.21 Å². The standard InChI is InChI=1S/C22H27N5O2/c1-15-9-10-16(20-23-13-19(29-20)22(2,3)4)14-26(15)21(28)17-7-5-6-8-18(17)27-24-11-12-25-27/h5-8,11-13,15-16H,9-10,14H2,1-4H3/t15-,16-/m1/s1. The maximum Gasteiger partial charge on any atom is 0.256 e. The van der Waals surface area contributed by atoms with Gasteiger partial charge in [0.05, 0.1) is 35.8 Å². The largest absolute Gasteiger partial charge is 0.445 e. The molecule has 7 heteroatoms. The molecule has 1 fully saturated rings. The van der Waals surface area contributed by atoms with E-state index in [1.807, 2.05) is 35.4 Å². The number of aromatic nitrogens is 4. The second-order valence-electron chi connectivity index (χ2n) is 8.73. The number of hydrogen-bond donors (Lipinski definition) is 0. The van der Waals surface area contributed by atoms with Crippen molar-refractivity contribution in [3.05, 3.63) is 60.1 Å². The lowest BCUT2D eigenvalue weighted by molar-refractivity contribution is 0.0595. The van der Waals surface area contributed by atoms with E-state index in [0.717, 1.165) is 24.5 Å². The molecule has 1 aliphatic heterocycles. The van der Waals surface area contributed by atoms with E-state index in [-0.39, 0.29) is 23.3 Å². The Balaban J connectivity index is 1.60. The minimum atomic E-state index is -0.0849. The molecule has 152 valence electrons. The van der Waals surface area contributed by atoms with Crippen LogP contribution in [0, 0.1) is 0 Å². The van der Waals surface area contributed by atoms with Crippen molar-refractivity contribution in [2.45, 2.75) is 57.9 Å². The summed E-state index contributed by atoms with van der Waals surface area (Å²) in [6, 6.07) is 7.60.